The summed E-state index contributed by atoms with van der Waals surface area (Å²) in [5.41, 5.74) is -0.912. The van der Waals surface area contributed by atoms with E-state index in [0.29, 0.717) is 5.02 Å². The first-order chi connectivity index (χ1) is 14.0. The van der Waals surface area contributed by atoms with E-state index in [9.17, 15) is 32.5 Å². The SMILES string of the molecule is CN(CC(=O)OCC(=O)Nc1cc([N+](=O)[O-])ccc1F)S(=O)(=O)c1ccc(Cl)cc1. The van der Waals surface area contributed by atoms with E-state index in [4.69, 9.17) is 11.6 Å². The summed E-state index contributed by atoms with van der Waals surface area (Å²) in [6.07, 6.45) is 0. The minimum Gasteiger partial charge on any atom is -0.455 e. The monoisotopic (exact) mass is 459 g/mol. The molecule has 0 spiro atoms. The number of carbonyl (C=O) groups is 2. The number of nitrogens with one attached hydrogen (secondary N) is 1. The topological polar surface area (TPSA) is 136 Å². The molecular weight excluding hydrogens is 445 g/mol. The molecule has 0 fully saturated rings. The summed E-state index contributed by atoms with van der Waals surface area (Å²) >= 11 is 5.71. The van der Waals surface area contributed by atoms with Crippen LogP contribution in [0, 0.1) is 15.9 Å². The number of carbonyl (C=O) groups excluding carboxylic acids is 2. The van der Waals surface area contributed by atoms with Crippen LogP contribution in [-0.4, -0.2) is 49.7 Å². The number of nitrogens with zero attached hydrogens (tertiary/aromatic N) is 2. The van der Waals surface area contributed by atoms with Crippen LogP contribution < -0.4 is 5.32 Å². The van der Waals surface area contributed by atoms with Gasteiger partial charge in [-0.05, 0) is 30.3 Å². The van der Waals surface area contributed by atoms with Crippen LogP contribution in [-0.2, 0) is 24.3 Å². The van der Waals surface area contributed by atoms with Crippen LogP contribution >= 0.6 is 11.6 Å². The van der Waals surface area contributed by atoms with Crippen LogP contribution in [0.5, 0.6) is 0 Å². The van der Waals surface area contributed by atoms with Gasteiger partial charge in [-0.2, -0.15) is 4.31 Å². The standard InChI is InChI=1S/C17H15ClFN3O7S/c1-21(30(27,28)13-5-2-11(18)3-6-13)9-17(24)29-10-16(23)20-15-8-12(22(25)26)4-7-14(15)19/h2-8H,9-10H2,1H3,(H,20,23). The van der Waals surface area contributed by atoms with Crippen molar-refractivity contribution >= 4 is 44.9 Å². The van der Waals surface area contributed by atoms with Gasteiger partial charge in [-0.15, -0.1) is 0 Å². The molecule has 0 bridgehead atoms. The predicted octanol–water partition coefficient (Wildman–Crippen LogP) is 2.19. The quantitative estimate of drug-likeness (QED) is 0.363. The molecule has 2 rings (SSSR count). The number of halogens is 2. The molecule has 10 nitrogen and oxygen atoms in total. The molecule has 2 aromatic rings. The van der Waals surface area contributed by atoms with E-state index in [-0.39, 0.29) is 4.90 Å². The third kappa shape index (κ3) is 5.95. The van der Waals surface area contributed by atoms with Gasteiger partial charge in [0.15, 0.2) is 6.61 Å². The van der Waals surface area contributed by atoms with Crippen molar-refractivity contribution in [3.05, 3.63) is 63.4 Å². The lowest BCUT2D eigenvalue weighted by Gasteiger charge is -2.16. The zero-order valence-corrected chi connectivity index (χ0v) is 16.9. The molecule has 0 radical (unpaired) electrons. The number of nitro groups is 1. The highest BCUT2D eigenvalue weighted by atomic mass is 35.5. The molecule has 30 heavy (non-hydrogen) atoms. The molecule has 0 aliphatic heterocycles. The fraction of sp³-hybridized carbons (Fsp3) is 0.176. The molecule has 1 amide bonds. The van der Waals surface area contributed by atoms with Crippen LogP contribution in [0.1, 0.15) is 0 Å². The molecule has 1 N–H and O–H groups in total. The van der Waals surface area contributed by atoms with Crippen molar-refractivity contribution in [1.29, 1.82) is 0 Å². The second-order valence-electron chi connectivity index (χ2n) is 5.85. The molecule has 0 aromatic heterocycles. The average molecular weight is 460 g/mol. The van der Waals surface area contributed by atoms with Gasteiger partial charge in [0, 0.05) is 24.2 Å². The number of ether oxygens (including phenoxy) is 1. The Morgan fingerprint density at radius 2 is 1.87 bits per heavy atom. The van der Waals surface area contributed by atoms with Crippen LogP contribution in [0.2, 0.25) is 5.02 Å². The van der Waals surface area contributed by atoms with E-state index < -0.39 is 57.2 Å². The first kappa shape index (κ1) is 23.2. The van der Waals surface area contributed by atoms with Gasteiger partial charge < -0.3 is 10.1 Å². The second-order valence-corrected chi connectivity index (χ2v) is 8.33. The summed E-state index contributed by atoms with van der Waals surface area (Å²) in [6, 6.07) is 7.80. The number of hydrogen-bond acceptors (Lipinski definition) is 7. The third-order valence-electron chi connectivity index (χ3n) is 3.67. The van der Waals surface area contributed by atoms with E-state index >= 15 is 0 Å². The minimum absolute atomic E-state index is 0.0962. The van der Waals surface area contributed by atoms with Crippen molar-refractivity contribution in [3.8, 4) is 0 Å². The molecule has 0 aliphatic carbocycles. The normalized spacial score (nSPS) is 11.2. The zero-order chi connectivity index (χ0) is 22.5. The third-order valence-corrected chi connectivity index (χ3v) is 5.74. The summed E-state index contributed by atoms with van der Waals surface area (Å²) < 4.78 is 43.8. The Bertz CT molecular complexity index is 1080. The maximum absolute atomic E-state index is 13.7. The molecule has 0 saturated carbocycles. The summed E-state index contributed by atoms with van der Waals surface area (Å²) in [5, 5.41) is 13.1. The van der Waals surface area contributed by atoms with Gasteiger partial charge in [0.05, 0.1) is 15.5 Å². The molecular formula is C17H15ClFN3O7S. The van der Waals surface area contributed by atoms with Crippen LogP contribution in [0.4, 0.5) is 15.8 Å². The summed E-state index contributed by atoms with van der Waals surface area (Å²) in [4.78, 5) is 33.5. The molecule has 0 heterocycles. The van der Waals surface area contributed by atoms with Crippen molar-refractivity contribution in [2.75, 3.05) is 25.5 Å². The predicted molar refractivity (Wildman–Crippen MR) is 104 cm³/mol. The Kier molecular flexibility index (Phi) is 7.43. The Morgan fingerprint density at radius 1 is 1.23 bits per heavy atom. The van der Waals surface area contributed by atoms with Crippen LogP contribution in [0.3, 0.4) is 0 Å². The fourth-order valence-electron chi connectivity index (χ4n) is 2.15. The first-order valence-electron chi connectivity index (χ1n) is 8.12. The average Bonchev–Trinajstić information content (AvgIpc) is 2.68. The maximum atomic E-state index is 13.7. The Labute approximate surface area is 175 Å². The zero-order valence-electron chi connectivity index (χ0n) is 15.4. The van der Waals surface area contributed by atoms with Crippen molar-refractivity contribution in [2.45, 2.75) is 4.90 Å². The lowest BCUT2D eigenvalue weighted by atomic mass is 10.2. The maximum Gasteiger partial charge on any atom is 0.321 e. The smallest absolute Gasteiger partial charge is 0.321 e. The van der Waals surface area contributed by atoms with Crippen molar-refractivity contribution in [3.63, 3.8) is 0 Å². The van der Waals surface area contributed by atoms with Crippen molar-refractivity contribution in [1.82, 2.24) is 4.31 Å². The minimum atomic E-state index is -4.00. The van der Waals surface area contributed by atoms with Gasteiger partial charge in [0.1, 0.15) is 12.4 Å². The van der Waals surface area contributed by atoms with Gasteiger partial charge >= 0.3 is 5.97 Å². The highest BCUT2D eigenvalue weighted by Crippen LogP contribution is 2.21. The van der Waals surface area contributed by atoms with Gasteiger partial charge in [0.25, 0.3) is 11.6 Å². The molecule has 2 aromatic carbocycles. The summed E-state index contributed by atoms with van der Waals surface area (Å²) in [7, 11) is -2.85. The number of non-ortho nitro benzene ring substituents is 1. The number of sulfonamides is 1. The van der Waals surface area contributed by atoms with Gasteiger partial charge in [0.2, 0.25) is 10.0 Å². The number of anilines is 1. The molecule has 0 atom stereocenters. The number of likely N-dealkylation sites (N-methyl/N-ethyl adjacent to an activating group) is 1. The Morgan fingerprint density at radius 3 is 2.47 bits per heavy atom. The summed E-state index contributed by atoms with van der Waals surface area (Å²) in [5.74, 6) is -2.93. The molecule has 0 unspecified atom stereocenters. The van der Waals surface area contributed by atoms with E-state index in [0.717, 1.165) is 29.6 Å². The van der Waals surface area contributed by atoms with Crippen molar-refractivity contribution in [2.24, 2.45) is 0 Å². The van der Waals surface area contributed by atoms with Crippen molar-refractivity contribution < 1.29 is 32.1 Å². The van der Waals surface area contributed by atoms with E-state index in [1.807, 2.05) is 5.32 Å². The highest BCUT2D eigenvalue weighted by Gasteiger charge is 2.24. The molecule has 13 heteroatoms. The Balaban J connectivity index is 1.92. The van der Waals surface area contributed by atoms with E-state index in [1.54, 1.807) is 0 Å². The largest absolute Gasteiger partial charge is 0.455 e. The summed E-state index contributed by atoms with van der Waals surface area (Å²) in [6.45, 7) is -1.54. The van der Waals surface area contributed by atoms with Gasteiger partial charge in [-0.3, -0.25) is 19.7 Å². The van der Waals surface area contributed by atoms with E-state index in [1.165, 1.54) is 24.3 Å². The lowest BCUT2D eigenvalue weighted by molar-refractivity contribution is -0.384. The number of nitro benzene ring substituents is 1. The Hall–Kier alpha value is -3.09. The number of rotatable bonds is 8. The van der Waals surface area contributed by atoms with Gasteiger partial charge in [-0.1, -0.05) is 11.6 Å². The van der Waals surface area contributed by atoms with Crippen LogP contribution in [0.25, 0.3) is 0 Å². The fourth-order valence-corrected chi connectivity index (χ4v) is 3.40. The van der Waals surface area contributed by atoms with Crippen LogP contribution in [0.15, 0.2) is 47.4 Å². The number of benzene rings is 2. The van der Waals surface area contributed by atoms with Gasteiger partial charge in [-0.25, -0.2) is 12.8 Å². The molecule has 0 aliphatic rings. The second kappa shape index (κ2) is 9.61. The van der Waals surface area contributed by atoms with E-state index in [2.05, 4.69) is 4.74 Å². The highest BCUT2D eigenvalue weighted by molar-refractivity contribution is 7.89. The first-order valence-corrected chi connectivity index (χ1v) is 9.94. The molecule has 0 saturated heterocycles. The number of amides is 1. The number of esters is 1. The number of hydrogen-bond donors (Lipinski definition) is 1. The molecule has 160 valence electrons. The lowest BCUT2D eigenvalue weighted by Crippen LogP contribution is -2.34.